The highest BCUT2D eigenvalue weighted by atomic mass is 79.9. The summed E-state index contributed by atoms with van der Waals surface area (Å²) >= 11 is 3.49. The smallest absolute Gasteiger partial charge is 0.191 e. The van der Waals surface area contributed by atoms with Crippen LogP contribution in [0.15, 0.2) is 33.7 Å². The molecule has 23 heavy (non-hydrogen) atoms. The number of aliphatic imine (C=N–C) groups is 1. The number of piperidine rings is 1. The molecule has 3 rings (SSSR count). The number of guanidine groups is 1. The number of hydrogen-bond donors (Lipinski definition) is 2. The lowest BCUT2D eigenvalue weighted by Gasteiger charge is -2.33. The molecule has 1 heterocycles. The minimum absolute atomic E-state index is 0.543. The average Bonchev–Trinajstić information content (AvgIpc) is 3.39. The Balaban J connectivity index is 1.39. The van der Waals surface area contributed by atoms with Crippen molar-refractivity contribution < 1.29 is 0 Å². The fraction of sp³-hybridized carbons (Fsp3) is 0.611. The van der Waals surface area contributed by atoms with Crippen molar-refractivity contribution in [2.75, 3.05) is 26.7 Å². The zero-order chi connectivity index (χ0) is 16.1. The fourth-order valence-corrected chi connectivity index (χ4v) is 3.30. The lowest BCUT2D eigenvalue weighted by atomic mass is 10.0. The van der Waals surface area contributed by atoms with Crippen molar-refractivity contribution in [1.29, 1.82) is 0 Å². The second kappa shape index (κ2) is 8.15. The van der Waals surface area contributed by atoms with Gasteiger partial charge in [0.15, 0.2) is 5.96 Å². The number of nitrogens with one attached hydrogen (secondary N) is 2. The molecular weight excluding hydrogens is 352 g/mol. The van der Waals surface area contributed by atoms with E-state index in [0.29, 0.717) is 6.04 Å². The van der Waals surface area contributed by atoms with Crippen LogP contribution in [0.2, 0.25) is 0 Å². The fourth-order valence-electron chi connectivity index (χ4n) is 3.03. The Hall–Kier alpha value is -1.07. The molecule has 2 fully saturated rings. The van der Waals surface area contributed by atoms with Crippen LogP contribution in [-0.2, 0) is 6.54 Å². The molecule has 2 N–H and O–H groups in total. The van der Waals surface area contributed by atoms with Crippen molar-refractivity contribution in [1.82, 2.24) is 15.5 Å². The summed E-state index contributed by atoms with van der Waals surface area (Å²) in [6, 6.07) is 9.20. The summed E-state index contributed by atoms with van der Waals surface area (Å²) in [5.74, 6) is 1.85. The number of nitrogens with zero attached hydrogens (tertiary/aromatic N) is 2. The van der Waals surface area contributed by atoms with Gasteiger partial charge in [-0.05, 0) is 49.3 Å². The van der Waals surface area contributed by atoms with Gasteiger partial charge >= 0.3 is 0 Å². The average molecular weight is 379 g/mol. The van der Waals surface area contributed by atoms with E-state index in [4.69, 9.17) is 0 Å². The predicted molar refractivity (Wildman–Crippen MR) is 99.7 cm³/mol. The van der Waals surface area contributed by atoms with E-state index in [0.717, 1.165) is 42.5 Å². The van der Waals surface area contributed by atoms with E-state index >= 15 is 0 Å². The van der Waals surface area contributed by atoms with Crippen molar-refractivity contribution >= 4 is 21.9 Å². The largest absolute Gasteiger partial charge is 0.356 e. The zero-order valence-electron chi connectivity index (χ0n) is 13.9. The predicted octanol–water partition coefficient (Wildman–Crippen LogP) is 2.99. The van der Waals surface area contributed by atoms with Crippen LogP contribution in [0.4, 0.5) is 0 Å². The number of rotatable bonds is 5. The molecule has 0 atom stereocenters. The molecule has 5 heteroatoms. The summed E-state index contributed by atoms with van der Waals surface area (Å²) in [4.78, 5) is 6.90. The molecule has 1 aliphatic carbocycles. The summed E-state index contributed by atoms with van der Waals surface area (Å²) in [6.45, 7) is 4.41. The minimum atomic E-state index is 0.543. The Morgan fingerprint density at radius 2 is 1.87 bits per heavy atom. The Kier molecular flexibility index (Phi) is 5.95. The maximum Gasteiger partial charge on any atom is 0.191 e. The van der Waals surface area contributed by atoms with Crippen LogP contribution in [0.5, 0.6) is 0 Å². The summed E-state index contributed by atoms with van der Waals surface area (Å²) in [5, 5.41) is 7.04. The quantitative estimate of drug-likeness (QED) is 0.610. The molecule has 126 valence electrons. The maximum absolute atomic E-state index is 4.35. The highest BCUT2D eigenvalue weighted by Gasteiger charge is 2.23. The molecule has 0 spiro atoms. The molecular formula is C18H27BrN4. The standard InChI is InChI=1S/C18H27BrN4/c1-20-18(21-12-14-2-3-14)22-17-8-10-23(11-9-17)13-15-4-6-16(19)7-5-15/h4-7,14,17H,2-3,8-13H2,1H3,(H2,20,21,22). The van der Waals surface area contributed by atoms with Gasteiger partial charge < -0.3 is 10.6 Å². The summed E-state index contributed by atoms with van der Waals surface area (Å²) in [7, 11) is 1.87. The summed E-state index contributed by atoms with van der Waals surface area (Å²) in [5.41, 5.74) is 1.39. The van der Waals surface area contributed by atoms with Crippen LogP contribution in [0.25, 0.3) is 0 Å². The van der Waals surface area contributed by atoms with Crippen molar-refractivity contribution in [3.8, 4) is 0 Å². The molecule has 1 saturated heterocycles. The third kappa shape index (κ3) is 5.50. The molecule has 1 aromatic carbocycles. The second-order valence-electron chi connectivity index (χ2n) is 6.72. The Morgan fingerprint density at radius 1 is 1.17 bits per heavy atom. The van der Waals surface area contributed by atoms with Crippen molar-refractivity contribution in [2.45, 2.75) is 38.3 Å². The maximum atomic E-state index is 4.35. The van der Waals surface area contributed by atoms with Crippen molar-refractivity contribution in [2.24, 2.45) is 10.9 Å². The first kappa shape index (κ1) is 16.8. The van der Waals surface area contributed by atoms with Gasteiger partial charge in [0.05, 0.1) is 0 Å². The van der Waals surface area contributed by atoms with Gasteiger partial charge in [-0.15, -0.1) is 0 Å². The molecule has 2 aliphatic rings. The minimum Gasteiger partial charge on any atom is -0.356 e. The highest BCUT2D eigenvalue weighted by molar-refractivity contribution is 9.10. The van der Waals surface area contributed by atoms with Gasteiger partial charge in [-0.2, -0.15) is 0 Å². The molecule has 0 radical (unpaired) electrons. The van der Waals surface area contributed by atoms with Gasteiger partial charge in [0.1, 0.15) is 0 Å². The van der Waals surface area contributed by atoms with Crippen LogP contribution >= 0.6 is 15.9 Å². The van der Waals surface area contributed by atoms with Crippen LogP contribution in [-0.4, -0.2) is 43.6 Å². The van der Waals surface area contributed by atoms with E-state index in [2.05, 4.69) is 60.7 Å². The number of halogens is 1. The summed E-state index contributed by atoms with van der Waals surface area (Å²) in [6.07, 6.45) is 5.11. The van der Waals surface area contributed by atoms with Crippen LogP contribution in [0.1, 0.15) is 31.2 Å². The lowest BCUT2D eigenvalue weighted by molar-refractivity contribution is 0.198. The second-order valence-corrected chi connectivity index (χ2v) is 7.63. The SMILES string of the molecule is CN=C(NCC1CC1)NC1CCN(Cc2ccc(Br)cc2)CC1. The summed E-state index contributed by atoms with van der Waals surface area (Å²) < 4.78 is 1.15. The molecule has 1 aromatic rings. The lowest BCUT2D eigenvalue weighted by Crippen LogP contribution is -2.48. The van der Waals surface area contributed by atoms with Gasteiger partial charge in [-0.3, -0.25) is 9.89 Å². The molecule has 0 amide bonds. The molecule has 0 aromatic heterocycles. The third-order valence-electron chi connectivity index (χ3n) is 4.73. The van der Waals surface area contributed by atoms with Crippen molar-refractivity contribution in [3.05, 3.63) is 34.3 Å². The van der Waals surface area contributed by atoms with Gasteiger partial charge in [0, 0.05) is 43.7 Å². The first-order valence-corrected chi connectivity index (χ1v) is 9.46. The monoisotopic (exact) mass is 378 g/mol. The van der Waals surface area contributed by atoms with E-state index < -0.39 is 0 Å². The van der Waals surface area contributed by atoms with Crippen LogP contribution in [0, 0.1) is 5.92 Å². The Labute approximate surface area is 147 Å². The molecule has 0 unspecified atom stereocenters. The van der Waals surface area contributed by atoms with E-state index in [1.807, 2.05) is 7.05 Å². The first-order valence-electron chi connectivity index (χ1n) is 8.67. The molecule has 1 aliphatic heterocycles. The highest BCUT2D eigenvalue weighted by Crippen LogP contribution is 2.27. The van der Waals surface area contributed by atoms with Gasteiger partial charge in [0.25, 0.3) is 0 Å². The van der Waals surface area contributed by atoms with Crippen molar-refractivity contribution in [3.63, 3.8) is 0 Å². The van der Waals surface area contributed by atoms with Gasteiger partial charge in [-0.25, -0.2) is 0 Å². The topological polar surface area (TPSA) is 39.7 Å². The number of benzene rings is 1. The van der Waals surface area contributed by atoms with E-state index in [9.17, 15) is 0 Å². The van der Waals surface area contributed by atoms with Gasteiger partial charge in [-0.1, -0.05) is 28.1 Å². The van der Waals surface area contributed by atoms with Crippen LogP contribution in [0.3, 0.4) is 0 Å². The molecule has 0 bridgehead atoms. The van der Waals surface area contributed by atoms with E-state index in [1.165, 1.54) is 31.2 Å². The number of likely N-dealkylation sites (tertiary alicyclic amines) is 1. The zero-order valence-corrected chi connectivity index (χ0v) is 15.5. The number of hydrogen-bond acceptors (Lipinski definition) is 2. The normalized spacial score (nSPS) is 20.5. The third-order valence-corrected chi connectivity index (χ3v) is 5.26. The van der Waals surface area contributed by atoms with Crippen LogP contribution < -0.4 is 10.6 Å². The first-order chi connectivity index (χ1) is 11.2. The Morgan fingerprint density at radius 3 is 2.48 bits per heavy atom. The van der Waals surface area contributed by atoms with Gasteiger partial charge in [0.2, 0.25) is 0 Å². The Bertz CT molecular complexity index is 516. The molecule has 1 saturated carbocycles. The molecule has 4 nitrogen and oxygen atoms in total. The van der Waals surface area contributed by atoms with E-state index in [1.54, 1.807) is 0 Å². The van der Waals surface area contributed by atoms with E-state index in [-0.39, 0.29) is 0 Å².